The van der Waals surface area contributed by atoms with E-state index in [4.69, 9.17) is 5.73 Å². The Morgan fingerprint density at radius 2 is 1.98 bits per heavy atom. The molecule has 0 atom stereocenters. The molecule has 0 spiro atoms. The summed E-state index contributed by atoms with van der Waals surface area (Å²) < 4.78 is 42.4. The van der Waals surface area contributed by atoms with Crippen LogP contribution in [0.2, 0.25) is 0 Å². The molecule has 2 saturated heterocycles. The molecule has 0 unspecified atom stereocenters. The lowest BCUT2D eigenvalue weighted by Gasteiger charge is -2.54. The Morgan fingerprint density at radius 1 is 1.21 bits per heavy atom. The molecule has 6 heterocycles. The first-order chi connectivity index (χ1) is 20.6. The van der Waals surface area contributed by atoms with Crippen molar-refractivity contribution in [3.8, 4) is 11.3 Å². The van der Waals surface area contributed by atoms with E-state index in [1.165, 1.54) is 12.4 Å². The average Bonchev–Trinajstić information content (AvgIpc) is 3.66. The van der Waals surface area contributed by atoms with Gasteiger partial charge < -0.3 is 20.9 Å². The zero-order valence-electron chi connectivity index (χ0n) is 24.0. The third-order valence-electron chi connectivity index (χ3n) is 8.28. The van der Waals surface area contributed by atoms with Crippen LogP contribution in [0, 0.1) is 0 Å². The van der Waals surface area contributed by atoms with E-state index in [9.17, 15) is 18.0 Å². The smallest absolute Gasteiger partial charge is 0.346 e. The van der Waals surface area contributed by atoms with Crippen molar-refractivity contribution in [3.63, 3.8) is 0 Å². The van der Waals surface area contributed by atoms with E-state index in [1.54, 1.807) is 11.1 Å². The Labute approximate surface area is 245 Å². The molecule has 2 fully saturated rings. The van der Waals surface area contributed by atoms with E-state index >= 15 is 0 Å². The highest BCUT2D eigenvalue weighted by Gasteiger charge is 2.47. The Bertz CT molecular complexity index is 1600. The van der Waals surface area contributed by atoms with Crippen LogP contribution in [0.25, 0.3) is 22.3 Å². The molecule has 0 bridgehead atoms. The van der Waals surface area contributed by atoms with E-state index in [-0.39, 0.29) is 35.6 Å². The largest absolute Gasteiger partial charge is 0.451 e. The molecule has 4 aromatic heterocycles. The zero-order valence-corrected chi connectivity index (χ0v) is 24.0. The summed E-state index contributed by atoms with van der Waals surface area (Å²) in [4.78, 5) is 36.2. The number of amides is 1. The minimum atomic E-state index is -4.75. The lowest BCUT2D eigenvalue weighted by molar-refractivity contribution is -0.145. The second kappa shape index (κ2) is 11.3. The normalized spacial score (nSPS) is 18.0. The Hall–Kier alpha value is -3.95. The zero-order chi connectivity index (χ0) is 30.4. The van der Waals surface area contributed by atoms with Crippen molar-refractivity contribution in [3.05, 3.63) is 54.3 Å². The van der Waals surface area contributed by atoms with Gasteiger partial charge in [0.15, 0.2) is 0 Å². The molecule has 0 radical (unpaired) electrons. The highest BCUT2D eigenvalue weighted by Crippen LogP contribution is 2.35. The number of nitrogens with zero attached hydrogens (tertiary/aromatic N) is 8. The fourth-order valence-electron chi connectivity index (χ4n) is 5.87. The molecular weight excluding hydrogens is 563 g/mol. The number of aromatic nitrogens is 7. The van der Waals surface area contributed by atoms with Crippen molar-refractivity contribution in [1.29, 1.82) is 0 Å². The van der Waals surface area contributed by atoms with E-state index < -0.39 is 17.9 Å². The van der Waals surface area contributed by atoms with Crippen LogP contribution in [0.5, 0.6) is 0 Å². The second-order valence-corrected chi connectivity index (χ2v) is 11.6. The van der Waals surface area contributed by atoms with Crippen LogP contribution in [0.4, 0.5) is 13.2 Å². The molecular formula is C28H34F3N11O. The Kier molecular flexibility index (Phi) is 7.64. The average molecular weight is 598 g/mol. The van der Waals surface area contributed by atoms with Crippen LogP contribution in [0.15, 0.2) is 37.1 Å². The molecule has 2 aliphatic heterocycles. The first-order valence-electron chi connectivity index (χ1n) is 14.3. The molecule has 1 amide bonds. The summed E-state index contributed by atoms with van der Waals surface area (Å²) in [6, 6.07) is 3.56. The quantitative estimate of drug-likeness (QED) is 0.279. The highest BCUT2D eigenvalue weighted by molar-refractivity contribution is 5.92. The van der Waals surface area contributed by atoms with E-state index in [2.05, 4.69) is 40.2 Å². The number of hydrogen-bond acceptors (Lipinski definition) is 9. The van der Waals surface area contributed by atoms with Crippen molar-refractivity contribution in [2.45, 2.75) is 57.0 Å². The van der Waals surface area contributed by atoms with E-state index in [0.29, 0.717) is 45.6 Å². The van der Waals surface area contributed by atoms with Gasteiger partial charge in [-0.25, -0.2) is 19.9 Å². The first-order valence-corrected chi connectivity index (χ1v) is 14.3. The summed E-state index contributed by atoms with van der Waals surface area (Å²) in [5, 5.41) is 8.60. The van der Waals surface area contributed by atoms with Crippen LogP contribution < -0.4 is 11.1 Å². The molecule has 0 aliphatic carbocycles. The van der Waals surface area contributed by atoms with Gasteiger partial charge >= 0.3 is 6.18 Å². The number of alkyl halides is 3. The maximum Gasteiger partial charge on any atom is 0.451 e. The fourth-order valence-corrected chi connectivity index (χ4v) is 5.87. The minimum Gasteiger partial charge on any atom is -0.346 e. The number of hydrogen-bond donors (Lipinski definition) is 3. The van der Waals surface area contributed by atoms with Crippen molar-refractivity contribution < 1.29 is 18.0 Å². The molecule has 0 saturated carbocycles. The summed E-state index contributed by atoms with van der Waals surface area (Å²) in [5.41, 5.74) is 8.25. The third-order valence-corrected chi connectivity index (χ3v) is 8.28. The molecule has 4 aromatic rings. The van der Waals surface area contributed by atoms with E-state index in [1.807, 2.05) is 37.0 Å². The second-order valence-electron chi connectivity index (χ2n) is 11.6. The van der Waals surface area contributed by atoms with Crippen LogP contribution in [0.3, 0.4) is 0 Å². The van der Waals surface area contributed by atoms with Gasteiger partial charge in [-0.2, -0.15) is 18.3 Å². The molecule has 4 N–H and O–H groups in total. The number of piperidine rings is 1. The summed E-state index contributed by atoms with van der Waals surface area (Å²) in [6.45, 7) is 6.54. The van der Waals surface area contributed by atoms with Crippen LogP contribution in [0.1, 0.15) is 48.7 Å². The molecule has 0 aromatic carbocycles. The van der Waals surface area contributed by atoms with Crippen molar-refractivity contribution in [2.75, 3.05) is 32.7 Å². The monoisotopic (exact) mass is 597 g/mol. The number of likely N-dealkylation sites (tertiary alicyclic amines) is 2. The minimum absolute atomic E-state index is 0.0476. The summed E-state index contributed by atoms with van der Waals surface area (Å²) >= 11 is 0. The van der Waals surface area contributed by atoms with Gasteiger partial charge in [-0.1, -0.05) is 13.8 Å². The number of fused-ring (bicyclic) bond motifs is 1. The molecule has 2 aliphatic rings. The number of halogens is 3. The number of nitrogens with two attached hydrogens (primary N) is 1. The van der Waals surface area contributed by atoms with Gasteiger partial charge in [0, 0.05) is 74.7 Å². The molecule has 15 heteroatoms. The molecule has 12 nitrogen and oxygen atoms in total. The summed E-state index contributed by atoms with van der Waals surface area (Å²) in [5.74, 6) is -1.81. The predicted molar refractivity (Wildman–Crippen MR) is 152 cm³/mol. The van der Waals surface area contributed by atoms with Crippen LogP contribution >= 0.6 is 0 Å². The number of H-pyrrole nitrogens is 1. The van der Waals surface area contributed by atoms with Gasteiger partial charge in [0.1, 0.15) is 23.2 Å². The van der Waals surface area contributed by atoms with Gasteiger partial charge in [0.05, 0.1) is 17.6 Å². The maximum atomic E-state index is 13.5. The van der Waals surface area contributed by atoms with Gasteiger partial charge in [-0.05, 0) is 25.0 Å². The fraction of sp³-hybridized carbons (Fsp3) is 0.500. The standard InChI is InChI=1S/C28H34F3N11O/c1-17(2)34-11-19-9-22(39-26(38-19)28(29,30)31)25(43)40-7-4-20(5-8-40)41-14-27(13-32,15-41)42-12-18(10-37-42)23-21-3-6-33-24(21)36-16-35-23/h3,6,9-10,12,16-17,20,34H,4-5,7-8,11,13-15,32H2,1-2H3,(H,33,35,36). The molecule has 6 rings (SSSR count). The van der Waals surface area contributed by atoms with Crippen molar-refractivity contribution in [2.24, 2.45) is 5.73 Å². The Balaban J connectivity index is 1.09. The van der Waals surface area contributed by atoms with Gasteiger partial charge in [-0.3, -0.25) is 14.4 Å². The van der Waals surface area contributed by atoms with Gasteiger partial charge in [0.25, 0.3) is 5.91 Å². The summed E-state index contributed by atoms with van der Waals surface area (Å²) in [6.07, 6.45) is 3.76. The topological polar surface area (TPSA) is 147 Å². The third kappa shape index (κ3) is 5.71. The van der Waals surface area contributed by atoms with Crippen LogP contribution in [-0.4, -0.2) is 95.2 Å². The summed E-state index contributed by atoms with van der Waals surface area (Å²) in [7, 11) is 0. The number of rotatable bonds is 8. The van der Waals surface area contributed by atoms with Gasteiger partial charge in [-0.15, -0.1) is 0 Å². The maximum absolute atomic E-state index is 13.5. The predicted octanol–water partition coefficient (Wildman–Crippen LogP) is 2.40. The molecule has 43 heavy (non-hydrogen) atoms. The van der Waals surface area contributed by atoms with Crippen molar-refractivity contribution >= 4 is 16.9 Å². The highest BCUT2D eigenvalue weighted by atomic mass is 19.4. The SMILES string of the molecule is CC(C)NCc1cc(C(=O)N2CCC(N3CC(CN)(n4cc(-c5ncnc6[nH]ccc56)cn4)C3)CC2)nc(C(F)(F)F)n1. The molecule has 228 valence electrons. The number of aromatic amines is 1. The van der Waals surface area contributed by atoms with Crippen molar-refractivity contribution in [1.82, 2.24) is 49.8 Å². The number of nitrogens with one attached hydrogen (secondary N) is 2. The van der Waals surface area contributed by atoms with Crippen LogP contribution in [-0.2, 0) is 18.3 Å². The lowest BCUT2D eigenvalue weighted by Crippen LogP contribution is -2.69. The Morgan fingerprint density at radius 3 is 2.67 bits per heavy atom. The van der Waals surface area contributed by atoms with E-state index in [0.717, 1.165) is 22.3 Å². The number of carbonyl (C=O) groups is 1. The first kappa shape index (κ1) is 29.1. The number of carbonyl (C=O) groups excluding carboxylic acids is 1. The lowest BCUT2D eigenvalue weighted by atomic mass is 9.86. The van der Waals surface area contributed by atoms with Gasteiger partial charge in [0.2, 0.25) is 5.82 Å².